The lowest BCUT2D eigenvalue weighted by atomic mass is 9.98. The zero-order chi connectivity index (χ0) is 21.8. The molecule has 2 aliphatic heterocycles. The topological polar surface area (TPSA) is 99.2 Å². The van der Waals surface area contributed by atoms with Gasteiger partial charge in [0.1, 0.15) is 5.82 Å². The molecule has 2 aliphatic rings. The second-order valence-corrected chi connectivity index (χ2v) is 10.1. The average Bonchev–Trinajstić information content (AvgIpc) is 2.77. The lowest BCUT2D eigenvalue weighted by Crippen LogP contribution is -2.62. The second kappa shape index (κ2) is 9.59. The van der Waals surface area contributed by atoms with Crippen LogP contribution in [0, 0.1) is 5.82 Å². The summed E-state index contributed by atoms with van der Waals surface area (Å²) in [4.78, 5) is 14.2. The van der Waals surface area contributed by atoms with E-state index < -0.39 is 20.7 Å². The molecule has 2 saturated heterocycles. The summed E-state index contributed by atoms with van der Waals surface area (Å²) < 4.78 is 46.0. The van der Waals surface area contributed by atoms with Crippen LogP contribution in [0.3, 0.4) is 0 Å². The number of hydroxylamine groups is 1. The molecule has 1 aromatic rings. The molecule has 2 fully saturated rings. The Morgan fingerprint density at radius 2 is 1.90 bits per heavy atom. The van der Waals surface area contributed by atoms with Crippen LogP contribution in [0.25, 0.3) is 0 Å². The van der Waals surface area contributed by atoms with Crippen molar-refractivity contribution in [1.82, 2.24) is 9.79 Å². The van der Waals surface area contributed by atoms with Gasteiger partial charge in [0.05, 0.1) is 5.69 Å². The number of hydrogen-bond donors (Lipinski definition) is 2. The lowest BCUT2D eigenvalue weighted by Gasteiger charge is -2.42. The van der Waals surface area contributed by atoms with E-state index in [1.165, 1.54) is 9.79 Å². The van der Waals surface area contributed by atoms with Crippen molar-refractivity contribution in [2.45, 2.75) is 43.8 Å². The number of carbonyl (C=O) groups excluding carboxylic acids is 1. The highest BCUT2D eigenvalue weighted by Gasteiger charge is 2.54. The van der Waals surface area contributed by atoms with Gasteiger partial charge >= 0.3 is 0 Å². The number of benzene rings is 1. The van der Waals surface area contributed by atoms with Gasteiger partial charge in [-0.2, -0.15) is 4.31 Å². The third kappa shape index (κ3) is 4.32. The smallest absolute Gasteiger partial charge is 0.266 e. The van der Waals surface area contributed by atoms with Crippen molar-refractivity contribution in [2.24, 2.45) is 0 Å². The van der Waals surface area contributed by atoms with Crippen LogP contribution in [-0.4, -0.2) is 68.0 Å². The number of halogens is 1. The van der Waals surface area contributed by atoms with Gasteiger partial charge in [-0.1, -0.05) is 19.4 Å². The maximum absolute atomic E-state index is 14.6. The Morgan fingerprint density at radius 3 is 2.47 bits per heavy atom. The summed E-state index contributed by atoms with van der Waals surface area (Å²) in [5, 5.41) is 9.14. The van der Waals surface area contributed by atoms with Crippen LogP contribution in [0.1, 0.15) is 38.2 Å². The molecule has 3 rings (SSSR count). The largest absolute Gasteiger partial charge is 0.381 e. The molecular formula is C20H30FN3O5S. The number of unbranched alkanes of at least 4 members (excludes halogenated alkanes) is 1. The molecular weight excluding hydrogens is 413 g/mol. The van der Waals surface area contributed by atoms with E-state index in [-0.39, 0.29) is 45.0 Å². The van der Waals surface area contributed by atoms with Crippen LogP contribution < -0.4 is 10.4 Å². The first-order chi connectivity index (χ1) is 14.4. The number of rotatable bonds is 7. The van der Waals surface area contributed by atoms with Crippen molar-refractivity contribution in [3.8, 4) is 0 Å². The number of ether oxygens (including phenoxy) is 1. The van der Waals surface area contributed by atoms with Gasteiger partial charge in [0.2, 0.25) is 10.0 Å². The number of anilines is 1. The lowest BCUT2D eigenvalue weighted by molar-refractivity contribution is -0.134. The van der Waals surface area contributed by atoms with Crippen LogP contribution in [0.4, 0.5) is 10.1 Å². The highest BCUT2D eigenvalue weighted by atomic mass is 32.2. The van der Waals surface area contributed by atoms with Crippen LogP contribution in [-0.2, 0) is 26.0 Å². The zero-order valence-electron chi connectivity index (χ0n) is 17.3. The number of nitrogens with zero attached hydrogens (tertiary/aromatic N) is 2. The van der Waals surface area contributed by atoms with Crippen molar-refractivity contribution in [3.05, 3.63) is 29.6 Å². The van der Waals surface area contributed by atoms with Crippen LogP contribution in [0.15, 0.2) is 18.2 Å². The van der Waals surface area contributed by atoms with Gasteiger partial charge in [-0.3, -0.25) is 10.0 Å². The van der Waals surface area contributed by atoms with E-state index in [1.807, 2.05) is 11.0 Å². The van der Waals surface area contributed by atoms with Gasteiger partial charge in [0, 0.05) is 52.2 Å². The Labute approximate surface area is 177 Å². The number of piperazine rings is 1. The van der Waals surface area contributed by atoms with Crippen molar-refractivity contribution in [3.63, 3.8) is 0 Å². The number of nitrogens with one attached hydrogen (secondary N) is 1. The number of amides is 1. The third-order valence-corrected chi connectivity index (χ3v) is 8.69. The molecule has 8 nitrogen and oxygen atoms in total. The Bertz CT molecular complexity index is 850. The van der Waals surface area contributed by atoms with Crippen LogP contribution in [0.5, 0.6) is 0 Å². The van der Waals surface area contributed by atoms with Crippen molar-refractivity contribution >= 4 is 21.6 Å². The standard InChI is InChI=1S/C20H30FN3O5S/c1-2-3-4-16-5-6-18(17(21)15-16)23-9-11-24(12-10-23)30(27,28)20(19(25)22-26)7-13-29-14-8-20/h5-6,15,26H,2-4,7-14H2,1H3,(H,22,25). The van der Waals surface area contributed by atoms with E-state index in [0.29, 0.717) is 18.8 Å². The highest BCUT2D eigenvalue weighted by molar-refractivity contribution is 7.91. The maximum atomic E-state index is 14.6. The molecule has 0 radical (unpaired) electrons. The zero-order valence-corrected chi connectivity index (χ0v) is 18.1. The Hall–Kier alpha value is -1.75. The molecule has 0 aliphatic carbocycles. The summed E-state index contributed by atoms with van der Waals surface area (Å²) >= 11 is 0. The summed E-state index contributed by atoms with van der Waals surface area (Å²) in [6.45, 7) is 3.26. The molecule has 2 N–H and O–H groups in total. The van der Waals surface area contributed by atoms with Gasteiger partial charge < -0.3 is 9.64 Å². The number of aryl methyl sites for hydroxylation is 1. The quantitative estimate of drug-likeness (QED) is 0.491. The molecule has 0 aromatic heterocycles. The number of hydrogen-bond acceptors (Lipinski definition) is 6. The van der Waals surface area contributed by atoms with Gasteiger partial charge in [-0.15, -0.1) is 0 Å². The summed E-state index contributed by atoms with van der Waals surface area (Å²) in [5.74, 6) is -1.23. The van der Waals surface area contributed by atoms with E-state index >= 15 is 0 Å². The fourth-order valence-corrected chi connectivity index (χ4v) is 6.27. The Balaban J connectivity index is 1.72. The number of carbonyl (C=O) groups is 1. The van der Waals surface area contributed by atoms with Crippen molar-refractivity contribution in [2.75, 3.05) is 44.3 Å². The molecule has 0 saturated carbocycles. The van der Waals surface area contributed by atoms with Crippen LogP contribution in [0.2, 0.25) is 0 Å². The molecule has 0 atom stereocenters. The minimum atomic E-state index is -4.03. The summed E-state index contributed by atoms with van der Waals surface area (Å²) in [7, 11) is -4.03. The minimum Gasteiger partial charge on any atom is -0.381 e. The van der Waals surface area contributed by atoms with Crippen molar-refractivity contribution in [1.29, 1.82) is 0 Å². The molecule has 30 heavy (non-hydrogen) atoms. The van der Waals surface area contributed by atoms with Gasteiger partial charge in [0.15, 0.2) is 4.75 Å². The van der Waals surface area contributed by atoms with Crippen molar-refractivity contribution < 1.29 is 27.5 Å². The minimum absolute atomic E-state index is 0.0181. The predicted octanol–water partition coefficient (Wildman–Crippen LogP) is 1.67. The van der Waals surface area contributed by atoms with Gasteiger partial charge in [-0.05, 0) is 30.5 Å². The van der Waals surface area contributed by atoms with Gasteiger partial charge in [-0.25, -0.2) is 18.3 Å². The first kappa shape index (κ1) is 22.9. The average molecular weight is 444 g/mol. The van der Waals surface area contributed by atoms with Crippen LogP contribution >= 0.6 is 0 Å². The summed E-state index contributed by atoms with van der Waals surface area (Å²) in [6.07, 6.45) is 2.84. The molecule has 0 bridgehead atoms. The molecule has 168 valence electrons. The van der Waals surface area contributed by atoms with Gasteiger partial charge in [0.25, 0.3) is 5.91 Å². The SMILES string of the molecule is CCCCc1ccc(N2CCN(S(=O)(=O)C3(C(=O)NO)CCOCC3)CC2)c(F)c1. The second-order valence-electron chi connectivity index (χ2n) is 7.83. The molecule has 10 heteroatoms. The number of sulfonamides is 1. The fourth-order valence-electron chi connectivity index (χ4n) is 4.16. The van der Waals surface area contributed by atoms with E-state index in [0.717, 1.165) is 24.8 Å². The van der Waals surface area contributed by atoms with E-state index in [9.17, 15) is 17.6 Å². The fraction of sp³-hybridized carbons (Fsp3) is 0.650. The molecule has 2 heterocycles. The molecule has 0 unspecified atom stereocenters. The first-order valence-corrected chi connectivity index (χ1v) is 11.8. The third-order valence-electron chi connectivity index (χ3n) is 6.06. The van der Waals surface area contributed by atoms with E-state index in [1.54, 1.807) is 12.1 Å². The summed E-state index contributed by atoms with van der Waals surface area (Å²) in [5.41, 5.74) is 2.94. The Kier molecular flexibility index (Phi) is 7.33. The molecule has 1 aromatic carbocycles. The molecule has 1 amide bonds. The van der Waals surface area contributed by atoms with E-state index in [2.05, 4.69) is 6.92 Å². The Morgan fingerprint density at radius 1 is 1.23 bits per heavy atom. The van der Waals surface area contributed by atoms with E-state index in [4.69, 9.17) is 9.94 Å². The highest BCUT2D eigenvalue weighted by Crippen LogP contribution is 2.34. The monoisotopic (exact) mass is 443 g/mol. The normalized spacial score (nSPS) is 20.2. The first-order valence-electron chi connectivity index (χ1n) is 10.4. The summed E-state index contributed by atoms with van der Waals surface area (Å²) in [6, 6.07) is 5.22. The predicted molar refractivity (Wildman–Crippen MR) is 110 cm³/mol. The maximum Gasteiger partial charge on any atom is 0.266 e. The molecule has 0 spiro atoms.